The molecule has 0 saturated carbocycles. The first-order chi connectivity index (χ1) is 19.2. The Kier molecular flexibility index (Phi) is 7.80. The van der Waals surface area contributed by atoms with Gasteiger partial charge in [-0.2, -0.15) is 0 Å². The summed E-state index contributed by atoms with van der Waals surface area (Å²) in [5.41, 5.74) is 1.71. The molecule has 0 aliphatic carbocycles. The van der Waals surface area contributed by atoms with Gasteiger partial charge >= 0.3 is 11.9 Å². The number of rotatable bonds is 6. The second-order valence-electron chi connectivity index (χ2n) is 8.71. The van der Waals surface area contributed by atoms with Crippen molar-refractivity contribution in [1.82, 2.24) is 4.57 Å². The van der Waals surface area contributed by atoms with Gasteiger partial charge in [-0.1, -0.05) is 52.7 Å². The second-order valence-corrected chi connectivity index (χ2v) is 10.5. The van der Waals surface area contributed by atoms with Crippen molar-refractivity contribution in [2.45, 2.75) is 19.9 Å². The van der Waals surface area contributed by atoms with Crippen LogP contribution in [0.2, 0.25) is 10.0 Å². The molecule has 0 spiro atoms. The molecule has 2 aromatic heterocycles. The van der Waals surface area contributed by atoms with Crippen LogP contribution in [0.25, 0.3) is 17.4 Å². The molecule has 5 rings (SSSR count). The number of hydrogen-bond donors (Lipinski definition) is 0. The van der Waals surface area contributed by atoms with E-state index in [1.54, 1.807) is 74.5 Å². The molecule has 3 heterocycles. The van der Waals surface area contributed by atoms with Crippen LogP contribution in [0.1, 0.15) is 41.6 Å². The molecule has 0 saturated heterocycles. The zero-order valence-corrected chi connectivity index (χ0v) is 23.9. The highest BCUT2D eigenvalue weighted by Crippen LogP contribution is 2.35. The lowest BCUT2D eigenvalue weighted by atomic mass is 9.96. The SMILES string of the molecule is CCOC(=O)C1=C(C)N=c2s/c(=C\c3ccc(-c4cc(C(=O)OC)ccc4Cl)o3)c(=O)n2[C@@H]1c1ccccc1Cl. The fraction of sp³-hybridized carbons (Fsp3) is 0.172. The van der Waals surface area contributed by atoms with E-state index in [9.17, 15) is 14.4 Å². The van der Waals surface area contributed by atoms with Crippen LogP contribution in [0.5, 0.6) is 0 Å². The summed E-state index contributed by atoms with van der Waals surface area (Å²) < 4.78 is 17.9. The first-order valence-corrected chi connectivity index (χ1v) is 13.7. The van der Waals surface area contributed by atoms with Crippen LogP contribution in [0, 0.1) is 0 Å². The van der Waals surface area contributed by atoms with Crippen LogP contribution in [0.15, 0.2) is 80.1 Å². The highest BCUT2D eigenvalue weighted by atomic mass is 35.5. The molecular formula is C29H22Cl2N2O6S. The lowest BCUT2D eigenvalue weighted by Crippen LogP contribution is -2.40. The van der Waals surface area contributed by atoms with Gasteiger partial charge in [-0.3, -0.25) is 9.36 Å². The maximum absolute atomic E-state index is 13.8. The number of esters is 2. The smallest absolute Gasteiger partial charge is 0.338 e. The maximum atomic E-state index is 13.8. The first-order valence-electron chi connectivity index (χ1n) is 12.2. The van der Waals surface area contributed by atoms with E-state index in [0.717, 1.165) is 11.3 Å². The summed E-state index contributed by atoms with van der Waals surface area (Å²) >= 11 is 14.1. The molecule has 0 unspecified atom stereocenters. The average Bonchev–Trinajstić information content (AvgIpc) is 3.52. The molecule has 8 nitrogen and oxygen atoms in total. The quantitative estimate of drug-likeness (QED) is 0.285. The number of nitrogens with zero attached hydrogens (tertiary/aromatic N) is 2. The molecule has 0 bridgehead atoms. The molecule has 0 radical (unpaired) electrons. The predicted molar refractivity (Wildman–Crippen MR) is 152 cm³/mol. The third-order valence-corrected chi connectivity index (χ3v) is 7.93. The molecule has 4 aromatic rings. The van der Waals surface area contributed by atoms with Gasteiger partial charge in [-0.25, -0.2) is 14.6 Å². The van der Waals surface area contributed by atoms with Gasteiger partial charge < -0.3 is 13.9 Å². The van der Waals surface area contributed by atoms with Gasteiger partial charge in [0.25, 0.3) is 5.56 Å². The number of halogens is 2. The number of thiazole rings is 1. The van der Waals surface area contributed by atoms with Crippen LogP contribution in [0.3, 0.4) is 0 Å². The summed E-state index contributed by atoms with van der Waals surface area (Å²) in [5.74, 6) is -0.277. The van der Waals surface area contributed by atoms with Crippen molar-refractivity contribution in [3.8, 4) is 11.3 Å². The van der Waals surface area contributed by atoms with E-state index in [-0.39, 0.29) is 17.7 Å². The fourth-order valence-electron chi connectivity index (χ4n) is 4.45. The molecule has 2 aromatic carbocycles. The van der Waals surface area contributed by atoms with Crippen molar-refractivity contribution >= 4 is 52.6 Å². The van der Waals surface area contributed by atoms with Gasteiger partial charge in [0.05, 0.1) is 40.1 Å². The number of carbonyl (C=O) groups excluding carboxylic acids is 2. The number of hydrogen-bond acceptors (Lipinski definition) is 8. The van der Waals surface area contributed by atoms with Crippen LogP contribution in [-0.2, 0) is 14.3 Å². The Labute approximate surface area is 242 Å². The molecule has 204 valence electrons. The summed E-state index contributed by atoms with van der Waals surface area (Å²) in [7, 11) is 1.30. The molecular weight excluding hydrogens is 575 g/mol. The lowest BCUT2D eigenvalue weighted by Gasteiger charge is -2.25. The van der Waals surface area contributed by atoms with Crippen LogP contribution >= 0.6 is 34.5 Å². The summed E-state index contributed by atoms with van der Waals surface area (Å²) in [4.78, 5) is 43.7. The largest absolute Gasteiger partial charge is 0.465 e. The van der Waals surface area contributed by atoms with Crippen molar-refractivity contribution in [2.24, 2.45) is 4.99 Å². The zero-order chi connectivity index (χ0) is 28.6. The molecule has 0 amide bonds. The van der Waals surface area contributed by atoms with E-state index in [4.69, 9.17) is 37.1 Å². The van der Waals surface area contributed by atoms with E-state index >= 15 is 0 Å². The van der Waals surface area contributed by atoms with Crippen LogP contribution in [0.4, 0.5) is 0 Å². The zero-order valence-electron chi connectivity index (χ0n) is 21.6. The Hall–Kier alpha value is -3.92. The number of methoxy groups -OCH3 is 1. The Morgan fingerprint density at radius 2 is 1.88 bits per heavy atom. The molecule has 1 aliphatic heterocycles. The third kappa shape index (κ3) is 5.03. The van der Waals surface area contributed by atoms with Gasteiger partial charge in [0.1, 0.15) is 17.6 Å². The number of fused-ring (bicyclic) bond motifs is 1. The maximum Gasteiger partial charge on any atom is 0.338 e. The first kappa shape index (κ1) is 27.6. The number of allylic oxidation sites excluding steroid dienone is 1. The van der Waals surface area contributed by atoms with Crippen molar-refractivity contribution in [1.29, 1.82) is 0 Å². The minimum Gasteiger partial charge on any atom is -0.465 e. The fourth-order valence-corrected chi connectivity index (χ4v) is 5.92. The third-order valence-electron chi connectivity index (χ3n) is 6.27. The number of ether oxygens (including phenoxy) is 2. The Morgan fingerprint density at radius 3 is 2.60 bits per heavy atom. The van der Waals surface area contributed by atoms with E-state index in [2.05, 4.69) is 4.99 Å². The molecule has 0 fully saturated rings. The summed E-state index contributed by atoms with van der Waals surface area (Å²) in [6.07, 6.45) is 1.60. The van der Waals surface area contributed by atoms with Gasteiger partial charge in [0.2, 0.25) is 0 Å². The molecule has 1 atom stereocenters. The van der Waals surface area contributed by atoms with Crippen LogP contribution in [-0.4, -0.2) is 30.2 Å². The number of aromatic nitrogens is 1. The predicted octanol–water partition coefficient (Wildman–Crippen LogP) is 5.15. The minimum absolute atomic E-state index is 0.169. The van der Waals surface area contributed by atoms with Gasteiger partial charge in [0.15, 0.2) is 4.80 Å². The van der Waals surface area contributed by atoms with Gasteiger partial charge in [0, 0.05) is 16.7 Å². The van der Waals surface area contributed by atoms with E-state index in [0.29, 0.717) is 53.3 Å². The van der Waals surface area contributed by atoms with E-state index in [1.807, 2.05) is 0 Å². The second kappa shape index (κ2) is 11.3. The van der Waals surface area contributed by atoms with Gasteiger partial charge in [-0.15, -0.1) is 0 Å². The summed E-state index contributed by atoms with van der Waals surface area (Å²) in [5, 5.41) is 0.787. The average molecular weight is 597 g/mol. The topological polar surface area (TPSA) is 100 Å². The van der Waals surface area contributed by atoms with Crippen molar-refractivity contribution in [3.63, 3.8) is 0 Å². The standard InChI is InChI=1S/C29H22Cl2N2O6S/c1-4-38-28(36)24-15(2)32-29-33(25(24)18-7-5-6-8-20(18)30)26(34)23(40-29)14-17-10-12-22(39-17)19-13-16(27(35)37-3)9-11-21(19)31/h5-14,25H,4H2,1-3H3/b23-14-/t25-/m1/s1. The lowest BCUT2D eigenvalue weighted by molar-refractivity contribution is -0.139. The van der Waals surface area contributed by atoms with Crippen molar-refractivity contribution < 1.29 is 23.5 Å². The Balaban J connectivity index is 1.62. The summed E-state index contributed by atoms with van der Waals surface area (Å²) in [6.45, 7) is 3.59. The number of carbonyl (C=O) groups is 2. The number of benzene rings is 2. The van der Waals surface area contributed by atoms with Gasteiger partial charge in [-0.05, 0) is 55.8 Å². The molecule has 1 aliphatic rings. The van der Waals surface area contributed by atoms with E-state index in [1.165, 1.54) is 11.7 Å². The highest BCUT2D eigenvalue weighted by molar-refractivity contribution is 7.07. The molecule has 11 heteroatoms. The molecule has 40 heavy (non-hydrogen) atoms. The monoisotopic (exact) mass is 596 g/mol. The number of furan rings is 1. The van der Waals surface area contributed by atoms with Crippen molar-refractivity contribution in [3.05, 3.63) is 112 Å². The molecule has 0 N–H and O–H groups in total. The highest BCUT2D eigenvalue weighted by Gasteiger charge is 2.34. The summed E-state index contributed by atoms with van der Waals surface area (Å²) in [6, 6.07) is 14.3. The Morgan fingerprint density at radius 1 is 1.10 bits per heavy atom. The van der Waals surface area contributed by atoms with Crippen molar-refractivity contribution in [2.75, 3.05) is 13.7 Å². The minimum atomic E-state index is -0.821. The van der Waals surface area contributed by atoms with Crippen LogP contribution < -0.4 is 14.9 Å². The van der Waals surface area contributed by atoms with E-state index < -0.39 is 18.0 Å². The Bertz CT molecular complexity index is 1870. The normalized spacial score (nSPS) is 15.0.